The van der Waals surface area contributed by atoms with Gasteiger partial charge in [-0.1, -0.05) is 0 Å². The van der Waals surface area contributed by atoms with Crippen molar-refractivity contribution in [2.75, 3.05) is 0 Å². The predicted molar refractivity (Wildman–Crippen MR) is 16.3 cm³/mol. The van der Waals surface area contributed by atoms with Crippen LogP contribution in [0.25, 0.3) is 0 Å². The summed E-state index contributed by atoms with van der Waals surface area (Å²) in [4.78, 5) is 8.25. The molecule has 0 spiro atoms. The molecule has 0 unspecified atom stereocenters. The second kappa shape index (κ2) is 8.84. The minimum Gasteiger partial charge on any atom is -0.369 e. The monoisotopic (exact) mass is 267 g/mol. The summed E-state index contributed by atoms with van der Waals surface area (Å²) in [6, 6.07) is 0. The van der Waals surface area contributed by atoms with Crippen molar-refractivity contribution in [3.8, 4) is 0 Å². The van der Waals surface area contributed by atoms with Gasteiger partial charge in [0, 0.05) is 20.4 Å². The van der Waals surface area contributed by atoms with Crippen LogP contribution in [0.2, 0.25) is 0 Å². The summed E-state index contributed by atoms with van der Waals surface area (Å²) in [7, 11) is 0. The largest absolute Gasteiger partial charge is 0.369 e. The Balaban J connectivity index is -0.0000000450. The Bertz CT molecular complexity index is 31.8. The maximum atomic E-state index is 8.25. The van der Waals surface area contributed by atoms with Crippen molar-refractivity contribution in [2.24, 2.45) is 0 Å². The van der Waals surface area contributed by atoms with Gasteiger partial charge in [0.2, 0.25) is 0 Å². The van der Waals surface area contributed by atoms with Crippen LogP contribution in [0.1, 0.15) is 0 Å². The summed E-state index contributed by atoms with van der Waals surface area (Å²) >= 11 is 0. The van der Waals surface area contributed by atoms with Gasteiger partial charge in [0.1, 0.15) is 0 Å². The number of rotatable bonds is 0. The zero-order valence-electron chi connectivity index (χ0n) is 3.05. The van der Waals surface area contributed by atoms with Gasteiger partial charge in [-0.15, -0.1) is 0 Å². The number of hydrogen-bond donors (Lipinski definition) is 1. The van der Waals surface area contributed by atoms with E-state index in [0.29, 0.717) is 0 Å². The van der Waals surface area contributed by atoms with E-state index < -0.39 is 5.09 Å². The van der Waals surface area contributed by atoms with Crippen molar-refractivity contribution in [2.45, 2.75) is 0 Å². The van der Waals surface area contributed by atoms with Crippen LogP contribution in [-0.4, -0.2) is 5.09 Å². The average molecular weight is 266 g/mol. The van der Waals surface area contributed by atoms with Gasteiger partial charge in [-0.3, -0.25) is 0 Å². The third-order valence-corrected chi connectivity index (χ3v) is 0. The fraction of sp³-hybridized carbons (Fsp3) is 0. The molecule has 0 saturated carbocycles. The molecule has 0 fully saturated rings. The maximum Gasteiger partial charge on any atom is 0.0689 e. The van der Waals surface area contributed by atoms with Crippen molar-refractivity contribution in [3.63, 3.8) is 0 Å². The molecule has 0 atom stereocenters. The van der Waals surface area contributed by atoms with Crippen molar-refractivity contribution in [3.05, 3.63) is 15.3 Å². The van der Waals surface area contributed by atoms with Crippen molar-refractivity contribution in [1.82, 2.24) is 6.15 Å². The van der Waals surface area contributed by atoms with Gasteiger partial charge in [-0.05, 0) is 0 Å². The first-order valence-electron chi connectivity index (χ1n) is 0.548. The summed E-state index contributed by atoms with van der Waals surface area (Å²) < 4.78 is 0. The first kappa shape index (κ1) is 17.0. The molecule has 6 heteroatoms. The van der Waals surface area contributed by atoms with Gasteiger partial charge in [0.25, 0.3) is 0 Å². The summed E-state index contributed by atoms with van der Waals surface area (Å²) in [5.74, 6) is 0. The Morgan fingerprint density at radius 2 is 1.33 bits per heavy atom. The van der Waals surface area contributed by atoms with E-state index in [1.54, 1.807) is 0 Å². The molecule has 4 N–H and O–H groups in total. The molecule has 0 amide bonds. The Hall–Kier alpha value is -0.178. The fourth-order valence-electron chi connectivity index (χ4n) is 0. The molecule has 0 aliphatic carbocycles. The first-order chi connectivity index (χ1) is 1.73. The molecular weight excluding hydrogens is 262 g/mol. The van der Waals surface area contributed by atoms with Crippen LogP contribution in [-0.2, 0) is 20.4 Å². The quantitative estimate of drug-likeness (QED) is 0.498. The van der Waals surface area contributed by atoms with Crippen LogP contribution < -0.4 is 6.15 Å². The summed E-state index contributed by atoms with van der Waals surface area (Å²) in [5.41, 5.74) is 0. The molecule has 1 radical (unpaired) electrons. The molecule has 0 heterocycles. The number of quaternary nitrogens is 1. The molecular formula is H4N2O3Re. The fourth-order valence-corrected chi connectivity index (χ4v) is 0. The smallest absolute Gasteiger partial charge is 0.0689 e. The zero-order chi connectivity index (χ0) is 3.58. The van der Waals surface area contributed by atoms with E-state index in [-0.39, 0.29) is 26.6 Å². The second-order valence-electron chi connectivity index (χ2n) is 0.224. The van der Waals surface area contributed by atoms with Crippen LogP contribution in [0.4, 0.5) is 0 Å². The third kappa shape index (κ3) is 965. The van der Waals surface area contributed by atoms with Gasteiger partial charge < -0.3 is 21.5 Å². The molecule has 5 nitrogen and oxygen atoms in total. The van der Waals surface area contributed by atoms with Gasteiger partial charge in [-0.25, -0.2) is 0 Å². The van der Waals surface area contributed by atoms with Gasteiger partial charge in [0.15, 0.2) is 0 Å². The summed E-state index contributed by atoms with van der Waals surface area (Å²) in [6.07, 6.45) is 0. The maximum absolute atomic E-state index is 8.25. The summed E-state index contributed by atoms with van der Waals surface area (Å²) in [5, 5.41) is 14.8. The Morgan fingerprint density at radius 3 is 1.33 bits per heavy atom. The minimum absolute atomic E-state index is 0. The van der Waals surface area contributed by atoms with E-state index in [4.69, 9.17) is 15.3 Å². The topological polar surface area (TPSA) is 103 Å². The number of hydrogen-bond acceptors (Lipinski definition) is 3. The van der Waals surface area contributed by atoms with E-state index >= 15 is 0 Å². The molecule has 0 aliphatic heterocycles. The third-order valence-electron chi connectivity index (χ3n) is 0. The molecule has 0 aromatic rings. The van der Waals surface area contributed by atoms with Gasteiger partial charge in [-0.2, -0.15) is 0 Å². The molecule has 0 aromatic carbocycles. The van der Waals surface area contributed by atoms with Gasteiger partial charge in [0.05, 0.1) is 5.09 Å². The number of nitrogens with zero attached hydrogens (tertiary/aromatic N) is 1. The SMILES string of the molecule is O=[N+]([O-])[O-].[NH4+].[Re]. The molecule has 39 valence electrons. The standard InChI is InChI=1S/NO3.H3N.Re/c2-1(3)4;;/h;1H3;/q-1;;/p+1. The zero-order valence-corrected chi connectivity index (χ0v) is 5.77. The van der Waals surface area contributed by atoms with Crippen molar-refractivity contribution in [1.29, 1.82) is 0 Å². The van der Waals surface area contributed by atoms with E-state index in [0.717, 1.165) is 0 Å². The Labute approximate surface area is 47.7 Å². The minimum atomic E-state index is -1.75. The van der Waals surface area contributed by atoms with Crippen LogP contribution in [0.5, 0.6) is 0 Å². The van der Waals surface area contributed by atoms with Crippen LogP contribution in [0.3, 0.4) is 0 Å². The van der Waals surface area contributed by atoms with Crippen molar-refractivity contribution < 1.29 is 25.5 Å². The molecule has 0 aliphatic rings. The predicted octanol–water partition coefficient (Wildman–Crippen LogP) is 0.135. The van der Waals surface area contributed by atoms with Crippen LogP contribution in [0.15, 0.2) is 0 Å². The Morgan fingerprint density at radius 1 is 1.33 bits per heavy atom. The molecule has 0 rings (SSSR count). The van der Waals surface area contributed by atoms with Crippen LogP contribution >= 0.6 is 0 Å². The molecule has 0 saturated heterocycles. The second-order valence-corrected chi connectivity index (χ2v) is 0.224. The Kier molecular flexibility index (Phi) is 25.1. The van der Waals surface area contributed by atoms with Gasteiger partial charge >= 0.3 is 0 Å². The molecule has 6 heavy (non-hydrogen) atoms. The van der Waals surface area contributed by atoms with E-state index in [1.807, 2.05) is 0 Å². The molecule has 0 bridgehead atoms. The molecule has 0 aromatic heterocycles. The van der Waals surface area contributed by atoms with E-state index in [2.05, 4.69) is 0 Å². The average Bonchev–Trinajstić information content (AvgIpc) is 0.811. The van der Waals surface area contributed by atoms with Crippen molar-refractivity contribution >= 4 is 0 Å². The van der Waals surface area contributed by atoms with E-state index in [9.17, 15) is 0 Å². The summed E-state index contributed by atoms with van der Waals surface area (Å²) in [6.45, 7) is 0. The van der Waals surface area contributed by atoms with Crippen LogP contribution in [0, 0.1) is 15.3 Å². The first-order valence-corrected chi connectivity index (χ1v) is 0.548. The van der Waals surface area contributed by atoms with E-state index in [1.165, 1.54) is 0 Å². The normalized spacial score (nSPS) is 4.00.